The van der Waals surface area contributed by atoms with Gasteiger partial charge in [-0.2, -0.15) is 0 Å². The first-order valence-electron chi connectivity index (χ1n) is 5.86. The number of hydrogen-bond acceptors (Lipinski definition) is 2. The molecular weight excluding hydrogens is 351 g/mol. The Hall–Kier alpha value is -1.62. The molecule has 0 aliphatic heterocycles. The first-order chi connectivity index (χ1) is 9.18. The minimum atomic E-state index is -0.330. The minimum Gasteiger partial charge on any atom is -0.755 e. The summed E-state index contributed by atoms with van der Waals surface area (Å²) in [5, 5.41) is 0. The third kappa shape index (κ3) is 3.67. The molecule has 0 saturated heterocycles. The number of rotatable bonds is 3. The monoisotopic (exact) mass is 364 g/mol. The standard InChI is InChI=1S/C16H13IO2/c1-12-7-5-6-10-14(12)16(18)19-11-15(17)13-8-3-2-4-9-13/h2-11H,1H3/q-1/b15-11-. The molecule has 0 unspecified atom stereocenters. The van der Waals surface area contributed by atoms with Gasteiger partial charge in [-0.25, -0.2) is 4.79 Å². The van der Waals surface area contributed by atoms with Crippen LogP contribution in [0.2, 0.25) is 0 Å². The number of carbonyl (C=O) groups excluding carboxylic acids is 1. The van der Waals surface area contributed by atoms with Crippen molar-refractivity contribution in [1.29, 1.82) is 0 Å². The van der Waals surface area contributed by atoms with Gasteiger partial charge in [-0.3, -0.25) is 0 Å². The fraction of sp³-hybridized carbons (Fsp3) is 0.0625. The zero-order valence-corrected chi connectivity index (χ0v) is 12.6. The highest BCUT2D eigenvalue weighted by atomic mass is 127. The Labute approximate surface area is 126 Å². The van der Waals surface area contributed by atoms with Gasteiger partial charge >= 0.3 is 5.97 Å². The molecule has 0 atom stereocenters. The third-order valence-electron chi connectivity index (χ3n) is 2.68. The minimum absolute atomic E-state index is 0.330. The normalized spacial score (nSPS) is 11.2. The molecule has 97 valence electrons. The Balaban J connectivity index is 2.11. The second-order valence-electron chi connectivity index (χ2n) is 4.05. The molecule has 0 amide bonds. The topological polar surface area (TPSA) is 26.3 Å². The van der Waals surface area contributed by atoms with E-state index in [1.54, 1.807) is 6.07 Å². The lowest BCUT2D eigenvalue weighted by Gasteiger charge is -2.12. The largest absolute Gasteiger partial charge is 0.755 e. The first-order valence-corrected chi connectivity index (χ1v) is 6.94. The molecule has 0 heterocycles. The summed E-state index contributed by atoms with van der Waals surface area (Å²) in [5.74, 6) is -0.330. The first kappa shape index (κ1) is 13.8. The Kier molecular flexibility index (Phi) is 4.74. The van der Waals surface area contributed by atoms with Crippen LogP contribution in [0.4, 0.5) is 0 Å². The quantitative estimate of drug-likeness (QED) is 0.456. The van der Waals surface area contributed by atoms with Crippen molar-refractivity contribution in [1.82, 2.24) is 0 Å². The molecule has 0 aromatic heterocycles. The molecule has 0 aliphatic carbocycles. The van der Waals surface area contributed by atoms with E-state index in [1.807, 2.05) is 55.5 Å². The van der Waals surface area contributed by atoms with Gasteiger partial charge in [0.1, 0.15) is 0 Å². The second kappa shape index (κ2) is 6.52. The van der Waals surface area contributed by atoms with Gasteiger partial charge in [0.25, 0.3) is 0 Å². The van der Waals surface area contributed by atoms with Crippen molar-refractivity contribution >= 4 is 9.55 Å². The van der Waals surface area contributed by atoms with E-state index in [-0.39, 0.29) is 5.97 Å². The predicted molar refractivity (Wildman–Crippen MR) is 71.0 cm³/mol. The molecule has 3 heteroatoms. The number of hydrogen-bond donors (Lipinski definition) is 0. The van der Waals surface area contributed by atoms with Crippen molar-refractivity contribution in [3.8, 4) is 0 Å². The maximum atomic E-state index is 11.9. The summed E-state index contributed by atoms with van der Waals surface area (Å²) in [6, 6.07) is 17.2. The number of ether oxygens (including phenoxy) is 1. The molecule has 0 saturated carbocycles. The van der Waals surface area contributed by atoms with Crippen molar-refractivity contribution in [2.45, 2.75) is 6.92 Å². The maximum absolute atomic E-state index is 11.9. The molecule has 0 spiro atoms. The molecule has 2 aromatic rings. The van der Waals surface area contributed by atoms with Gasteiger partial charge in [-0.1, -0.05) is 48.5 Å². The zero-order valence-electron chi connectivity index (χ0n) is 10.5. The lowest BCUT2D eigenvalue weighted by Crippen LogP contribution is -3.32. The smallest absolute Gasteiger partial charge is 0.343 e. The fourth-order valence-electron chi connectivity index (χ4n) is 1.64. The average Bonchev–Trinajstić information content (AvgIpc) is 2.46. The molecule has 19 heavy (non-hydrogen) atoms. The van der Waals surface area contributed by atoms with E-state index < -0.39 is 0 Å². The van der Waals surface area contributed by atoms with Gasteiger partial charge in [0.2, 0.25) is 0 Å². The van der Waals surface area contributed by atoms with Crippen LogP contribution in [0, 0.1) is 6.92 Å². The average molecular weight is 364 g/mol. The lowest BCUT2D eigenvalue weighted by molar-refractivity contribution is -0.245. The van der Waals surface area contributed by atoms with Crippen LogP contribution in [0.25, 0.3) is 3.58 Å². The van der Waals surface area contributed by atoms with Crippen LogP contribution in [-0.2, 0) is 4.74 Å². The van der Waals surface area contributed by atoms with Crippen LogP contribution in [0.15, 0.2) is 60.9 Å². The van der Waals surface area contributed by atoms with E-state index in [4.69, 9.17) is 4.74 Å². The number of halogens is 1. The van der Waals surface area contributed by atoms with Gasteiger partial charge < -0.3 is 27.3 Å². The number of benzene rings is 2. The van der Waals surface area contributed by atoms with E-state index in [1.165, 1.54) is 6.26 Å². The summed E-state index contributed by atoms with van der Waals surface area (Å²) in [4.78, 5) is 11.9. The van der Waals surface area contributed by atoms with E-state index in [9.17, 15) is 4.79 Å². The molecule has 0 bridgehead atoms. The highest BCUT2D eigenvalue weighted by Crippen LogP contribution is 2.10. The van der Waals surface area contributed by atoms with Gasteiger partial charge in [0.15, 0.2) is 0 Å². The summed E-state index contributed by atoms with van der Waals surface area (Å²) in [6.07, 6.45) is 1.49. The number of aryl methyl sites for hydroxylation is 1. The van der Waals surface area contributed by atoms with Crippen LogP contribution < -0.4 is 22.6 Å². The van der Waals surface area contributed by atoms with Crippen molar-refractivity contribution in [3.63, 3.8) is 0 Å². The summed E-state index contributed by atoms with van der Waals surface area (Å²) in [7, 11) is 0. The highest BCUT2D eigenvalue weighted by molar-refractivity contribution is 5.91. The van der Waals surface area contributed by atoms with Crippen molar-refractivity contribution in [2.24, 2.45) is 0 Å². The van der Waals surface area contributed by atoms with Gasteiger partial charge in [0.05, 0.1) is 11.8 Å². The molecule has 1 radical (unpaired) electrons. The summed E-state index contributed by atoms with van der Waals surface area (Å²) in [5.41, 5.74) is 2.53. The molecule has 0 N–H and O–H groups in total. The maximum Gasteiger partial charge on any atom is 0.343 e. The highest BCUT2D eigenvalue weighted by Gasteiger charge is 2.07. The van der Waals surface area contributed by atoms with Gasteiger partial charge in [0, 0.05) is 0 Å². The van der Waals surface area contributed by atoms with Crippen molar-refractivity contribution in [3.05, 3.63) is 77.5 Å². The zero-order chi connectivity index (χ0) is 13.7. The van der Waals surface area contributed by atoms with Gasteiger partial charge in [-0.15, -0.1) is 3.58 Å². The molecule has 0 aliphatic rings. The SMILES string of the molecule is Cc1ccccc1C(=O)O/C=C(\[I-])c1ccccc1. The van der Waals surface area contributed by atoms with Crippen molar-refractivity contribution < 1.29 is 32.1 Å². The Bertz CT molecular complexity index is 603. The van der Waals surface area contributed by atoms with Crippen LogP contribution in [0.5, 0.6) is 0 Å². The Morgan fingerprint density at radius 3 is 2.37 bits per heavy atom. The summed E-state index contributed by atoms with van der Waals surface area (Å²) >= 11 is 2.15. The molecule has 2 nitrogen and oxygen atoms in total. The number of carbonyl (C=O) groups is 1. The van der Waals surface area contributed by atoms with Crippen LogP contribution in [0.3, 0.4) is 0 Å². The Morgan fingerprint density at radius 2 is 1.68 bits per heavy atom. The van der Waals surface area contributed by atoms with Crippen molar-refractivity contribution in [2.75, 3.05) is 0 Å². The van der Waals surface area contributed by atoms with E-state index in [0.717, 1.165) is 14.7 Å². The van der Waals surface area contributed by atoms with Crippen LogP contribution in [-0.4, -0.2) is 5.97 Å². The Morgan fingerprint density at radius 1 is 1.05 bits per heavy atom. The van der Waals surface area contributed by atoms with E-state index in [0.29, 0.717) is 5.56 Å². The molecule has 2 aromatic carbocycles. The molecule has 0 fully saturated rings. The number of esters is 1. The lowest BCUT2D eigenvalue weighted by atomic mass is 10.1. The predicted octanol–water partition coefficient (Wildman–Crippen LogP) is 0.704. The van der Waals surface area contributed by atoms with E-state index in [2.05, 4.69) is 22.6 Å². The second-order valence-corrected chi connectivity index (χ2v) is 5.21. The molecule has 2 rings (SSSR count). The molecular formula is C16H13IO2-. The third-order valence-corrected chi connectivity index (χ3v) is 3.56. The summed E-state index contributed by atoms with van der Waals surface area (Å²) < 4.78 is 6.11. The van der Waals surface area contributed by atoms with Gasteiger partial charge in [-0.05, 0) is 24.1 Å². The summed E-state index contributed by atoms with van der Waals surface area (Å²) in [6.45, 7) is 1.89. The van der Waals surface area contributed by atoms with Crippen LogP contribution >= 0.6 is 0 Å². The van der Waals surface area contributed by atoms with E-state index >= 15 is 0 Å². The van der Waals surface area contributed by atoms with Crippen LogP contribution in [0.1, 0.15) is 21.5 Å². The fourth-order valence-corrected chi connectivity index (χ4v) is 2.12.